The van der Waals surface area contributed by atoms with Crippen LogP contribution in [0.4, 0.5) is 5.82 Å². The van der Waals surface area contributed by atoms with Crippen molar-refractivity contribution in [2.75, 3.05) is 32.1 Å². The molecule has 1 aromatic heterocycles. The van der Waals surface area contributed by atoms with E-state index in [2.05, 4.69) is 26.1 Å². The molecule has 0 saturated carbocycles. The number of carbonyl (C=O) groups excluding carboxylic acids is 2. The number of benzene rings is 2. The molecule has 0 spiro atoms. The third-order valence-corrected chi connectivity index (χ3v) is 6.21. The molecule has 1 atom stereocenters. The number of methoxy groups -OCH3 is 1. The first-order valence-electron chi connectivity index (χ1n) is 12.4. The molecule has 0 saturated heterocycles. The van der Waals surface area contributed by atoms with Gasteiger partial charge in [0.2, 0.25) is 11.8 Å². The minimum atomic E-state index is -0.319. The normalized spacial score (nSPS) is 12.3. The Balaban J connectivity index is 1.87. The first-order chi connectivity index (χ1) is 17.2. The van der Waals surface area contributed by atoms with Gasteiger partial charge in [-0.05, 0) is 30.5 Å². The molecule has 1 heterocycles. The van der Waals surface area contributed by atoms with Gasteiger partial charge in [0.15, 0.2) is 0 Å². The molecule has 2 aromatic carbocycles. The van der Waals surface area contributed by atoms with Crippen molar-refractivity contribution in [1.29, 1.82) is 0 Å². The Morgan fingerprint density at radius 3 is 2.36 bits per heavy atom. The number of para-hydroxylation sites is 1. The van der Waals surface area contributed by atoms with Crippen LogP contribution in [0.2, 0.25) is 0 Å². The number of nitrogens with zero attached hydrogens (tertiary/aromatic N) is 3. The first kappa shape index (κ1) is 27.1. The lowest BCUT2D eigenvalue weighted by Gasteiger charge is -2.26. The summed E-state index contributed by atoms with van der Waals surface area (Å²) in [5, 5.41) is 7.83. The number of carbonyl (C=O) groups is 2. The summed E-state index contributed by atoms with van der Waals surface area (Å²) < 4.78 is 7.00. The summed E-state index contributed by atoms with van der Waals surface area (Å²) in [4.78, 5) is 28.4. The lowest BCUT2D eigenvalue weighted by Crippen LogP contribution is -2.42. The SMILES string of the molecule is CCC(C(=O)N(CCOC)CC(=O)Nc1cc(C(C)(C)C)nn1-c1ccccc1C)c1ccccc1. The van der Waals surface area contributed by atoms with E-state index in [1.165, 1.54) is 0 Å². The monoisotopic (exact) mass is 490 g/mol. The highest BCUT2D eigenvalue weighted by Gasteiger charge is 2.27. The number of nitrogens with one attached hydrogen (secondary N) is 1. The number of hydrogen-bond acceptors (Lipinski definition) is 4. The molecule has 192 valence electrons. The lowest BCUT2D eigenvalue weighted by molar-refractivity contribution is -0.136. The Morgan fingerprint density at radius 1 is 1.08 bits per heavy atom. The average molecular weight is 491 g/mol. The molecule has 2 amide bonds. The molecule has 0 aliphatic heterocycles. The van der Waals surface area contributed by atoms with Gasteiger partial charge in [-0.15, -0.1) is 0 Å². The van der Waals surface area contributed by atoms with Gasteiger partial charge in [-0.1, -0.05) is 76.2 Å². The van der Waals surface area contributed by atoms with E-state index < -0.39 is 0 Å². The molecule has 0 radical (unpaired) electrons. The summed E-state index contributed by atoms with van der Waals surface area (Å²) in [7, 11) is 1.59. The van der Waals surface area contributed by atoms with Crippen LogP contribution in [0.25, 0.3) is 5.69 Å². The van der Waals surface area contributed by atoms with E-state index in [-0.39, 0.29) is 29.7 Å². The van der Waals surface area contributed by atoms with E-state index in [0.29, 0.717) is 25.4 Å². The van der Waals surface area contributed by atoms with Gasteiger partial charge in [0, 0.05) is 25.1 Å². The number of hydrogen-bond donors (Lipinski definition) is 1. The summed E-state index contributed by atoms with van der Waals surface area (Å²) in [5.74, 6) is -0.106. The van der Waals surface area contributed by atoms with Crippen LogP contribution >= 0.6 is 0 Å². The topological polar surface area (TPSA) is 76.5 Å². The Morgan fingerprint density at radius 2 is 1.75 bits per heavy atom. The van der Waals surface area contributed by atoms with Crippen LogP contribution in [0, 0.1) is 6.92 Å². The maximum atomic E-state index is 13.5. The van der Waals surface area contributed by atoms with Crippen LogP contribution in [-0.4, -0.2) is 53.3 Å². The molecule has 0 aliphatic rings. The molecule has 3 aromatic rings. The quantitative estimate of drug-likeness (QED) is 0.430. The van der Waals surface area contributed by atoms with E-state index in [0.717, 1.165) is 22.5 Å². The highest BCUT2D eigenvalue weighted by Crippen LogP contribution is 2.28. The maximum Gasteiger partial charge on any atom is 0.245 e. The molecule has 0 bridgehead atoms. The largest absolute Gasteiger partial charge is 0.383 e. The first-order valence-corrected chi connectivity index (χ1v) is 12.4. The van der Waals surface area contributed by atoms with Crippen molar-refractivity contribution in [3.63, 3.8) is 0 Å². The molecule has 1 N–H and O–H groups in total. The van der Waals surface area contributed by atoms with Crippen LogP contribution in [0.3, 0.4) is 0 Å². The van der Waals surface area contributed by atoms with Crippen molar-refractivity contribution in [3.8, 4) is 5.69 Å². The van der Waals surface area contributed by atoms with Gasteiger partial charge in [0.25, 0.3) is 0 Å². The summed E-state index contributed by atoms with van der Waals surface area (Å²) in [6, 6.07) is 19.5. The minimum Gasteiger partial charge on any atom is -0.383 e. The third kappa shape index (κ3) is 6.61. The lowest BCUT2D eigenvalue weighted by atomic mass is 9.92. The molecular formula is C29H38N4O3. The summed E-state index contributed by atoms with van der Waals surface area (Å²) in [5.41, 5.74) is 3.55. The van der Waals surface area contributed by atoms with E-state index >= 15 is 0 Å². The molecule has 7 heteroatoms. The standard InChI is InChI=1S/C29H38N4O3/c1-7-23(22-14-9-8-10-15-22)28(35)32(17-18-36-6)20-27(34)30-26-19-25(29(3,4)5)31-33(26)24-16-12-11-13-21(24)2/h8-16,19,23H,7,17-18,20H2,1-6H3,(H,30,34). The molecule has 0 fully saturated rings. The third-order valence-electron chi connectivity index (χ3n) is 6.21. The van der Waals surface area contributed by atoms with Crippen molar-refractivity contribution >= 4 is 17.6 Å². The van der Waals surface area contributed by atoms with Crippen molar-refractivity contribution < 1.29 is 14.3 Å². The van der Waals surface area contributed by atoms with Crippen LogP contribution < -0.4 is 5.32 Å². The van der Waals surface area contributed by atoms with Crippen LogP contribution in [-0.2, 0) is 19.7 Å². The Kier molecular flexibility index (Phi) is 9.04. The number of amides is 2. The van der Waals surface area contributed by atoms with Gasteiger partial charge < -0.3 is 15.0 Å². The fourth-order valence-electron chi connectivity index (χ4n) is 4.10. The van der Waals surface area contributed by atoms with Gasteiger partial charge in [-0.25, -0.2) is 4.68 Å². The number of aromatic nitrogens is 2. The molecule has 3 rings (SSSR count). The molecule has 7 nitrogen and oxygen atoms in total. The van der Waals surface area contributed by atoms with Crippen molar-refractivity contribution in [2.45, 2.75) is 52.4 Å². The second kappa shape index (κ2) is 12.0. The van der Waals surface area contributed by atoms with Gasteiger partial charge in [0.05, 0.1) is 23.9 Å². The number of ether oxygens (including phenoxy) is 1. The molecule has 36 heavy (non-hydrogen) atoms. The molecular weight excluding hydrogens is 452 g/mol. The van der Waals surface area contributed by atoms with Crippen LogP contribution in [0.5, 0.6) is 0 Å². The summed E-state index contributed by atoms with van der Waals surface area (Å²) >= 11 is 0. The van der Waals surface area contributed by atoms with Crippen LogP contribution in [0.15, 0.2) is 60.7 Å². The predicted octanol–water partition coefficient (Wildman–Crippen LogP) is 5.09. The van der Waals surface area contributed by atoms with Crippen molar-refractivity contribution in [1.82, 2.24) is 14.7 Å². The fourth-order valence-corrected chi connectivity index (χ4v) is 4.10. The van der Waals surface area contributed by atoms with Crippen LogP contribution in [0.1, 0.15) is 56.9 Å². The number of aryl methyl sites for hydroxylation is 1. The second-order valence-electron chi connectivity index (χ2n) is 10.0. The van der Waals surface area contributed by atoms with Gasteiger partial charge >= 0.3 is 0 Å². The van der Waals surface area contributed by atoms with E-state index in [9.17, 15) is 9.59 Å². The zero-order valence-electron chi connectivity index (χ0n) is 22.2. The van der Waals surface area contributed by atoms with E-state index in [4.69, 9.17) is 9.84 Å². The number of anilines is 1. The Bertz CT molecular complexity index is 1160. The van der Waals surface area contributed by atoms with Crippen molar-refractivity contribution in [2.24, 2.45) is 0 Å². The summed E-state index contributed by atoms with van der Waals surface area (Å²) in [6.07, 6.45) is 0.642. The zero-order chi connectivity index (χ0) is 26.3. The van der Waals surface area contributed by atoms with Gasteiger partial charge in [0.1, 0.15) is 12.4 Å². The highest BCUT2D eigenvalue weighted by molar-refractivity contribution is 5.95. The fraction of sp³-hybridized carbons (Fsp3) is 0.414. The minimum absolute atomic E-state index is 0.0741. The second-order valence-corrected chi connectivity index (χ2v) is 10.0. The Labute approximate surface area is 214 Å². The van der Waals surface area contributed by atoms with Gasteiger partial charge in [-0.3, -0.25) is 9.59 Å². The highest BCUT2D eigenvalue weighted by atomic mass is 16.5. The average Bonchev–Trinajstić information content (AvgIpc) is 3.27. The van der Waals surface area contributed by atoms with Gasteiger partial charge in [-0.2, -0.15) is 5.10 Å². The molecule has 0 aliphatic carbocycles. The van der Waals surface area contributed by atoms with E-state index in [1.807, 2.05) is 74.5 Å². The Hall–Kier alpha value is -3.45. The van der Waals surface area contributed by atoms with E-state index in [1.54, 1.807) is 16.7 Å². The molecule has 1 unspecified atom stereocenters. The predicted molar refractivity (Wildman–Crippen MR) is 144 cm³/mol. The summed E-state index contributed by atoms with van der Waals surface area (Å²) in [6.45, 7) is 10.9. The van der Waals surface area contributed by atoms with Crippen molar-refractivity contribution in [3.05, 3.63) is 77.5 Å². The zero-order valence-corrected chi connectivity index (χ0v) is 22.2. The smallest absolute Gasteiger partial charge is 0.245 e. The number of rotatable bonds is 10. The maximum absolute atomic E-state index is 13.5.